The highest BCUT2D eigenvalue weighted by atomic mass is 32.1. The number of hydrogen-bond donors (Lipinski definition) is 0. The van der Waals surface area contributed by atoms with E-state index in [1.54, 1.807) is 17.4 Å². The molecule has 2 aromatic heterocycles. The molecule has 1 aliphatic heterocycles. The minimum absolute atomic E-state index is 0.0214. The van der Waals surface area contributed by atoms with Crippen molar-refractivity contribution in [2.75, 3.05) is 6.54 Å². The van der Waals surface area contributed by atoms with Crippen LogP contribution in [-0.2, 0) is 4.79 Å². The fraction of sp³-hybridized carbons (Fsp3) is 0.263. The first kappa shape index (κ1) is 15.1. The Kier molecular flexibility index (Phi) is 4.17. The van der Waals surface area contributed by atoms with Crippen molar-refractivity contribution in [3.63, 3.8) is 0 Å². The molecule has 122 valence electrons. The number of benzene rings is 1. The molecule has 0 aliphatic carbocycles. The summed E-state index contributed by atoms with van der Waals surface area (Å²) in [5.74, 6) is 0.668. The van der Waals surface area contributed by atoms with Crippen LogP contribution in [0.25, 0.3) is 17.2 Å². The van der Waals surface area contributed by atoms with E-state index in [4.69, 9.17) is 4.42 Å². The molecule has 1 unspecified atom stereocenters. The van der Waals surface area contributed by atoms with Crippen LogP contribution in [0.4, 0.5) is 0 Å². The van der Waals surface area contributed by atoms with E-state index in [1.165, 1.54) is 0 Å². The maximum atomic E-state index is 12.7. The number of carbonyl (C=O) groups excluding carboxylic acids is 1. The lowest BCUT2D eigenvalue weighted by atomic mass is 10.0. The van der Waals surface area contributed by atoms with Gasteiger partial charge >= 0.3 is 0 Å². The fourth-order valence-electron chi connectivity index (χ4n) is 3.12. The SMILES string of the molecule is O=C(/C=C/c1ccsc1)N1CCCCC1c1nc2ccccc2o1. The number of carbonyl (C=O) groups is 1. The molecule has 4 rings (SSSR count). The van der Waals surface area contributed by atoms with Crippen molar-refractivity contribution in [3.05, 3.63) is 58.6 Å². The Bertz CT molecular complexity index is 834. The number of nitrogens with zero attached hydrogens (tertiary/aromatic N) is 2. The van der Waals surface area contributed by atoms with Gasteiger partial charge in [-0.25, -0.2) is 4.98 Å². The van der Waals surface area contributed by atoms with Gasteiger partial charge < -0.3 is 9.32 Å². The van der Waals surface area contributed by atoms with E-state index in [9.17, 15) is 4.79 Å². The van der Waals surface area contributed by atoms with Crippen LogP contribution in [-0.4, -0.2) is 22.3 Å². The van der Waals surface area contributed by atoms with Crippen molar-refractivity contribution in [2.45, 2.75) is 25.3 Å². The van der Waals surface area contributed by atoms with Gasteiger partial charge in [0.1, 0.15) is 11.6 Å². The molecule has 1 amide bonds. The molecule has 1 aromatic carbocycles. The van der Waals surface area contributed by atoms with Crippen LogP contribution in [0.1, 0.15) is 36.8 Å². The van der Waals surface area contributed by atoms with Crippen molar-refractivity contribution in [1.82, 2.24) is 9.88 Å². The summed E-state index contributed by atoms with van der Waals surface area (Å²) in [6.07, 6.45) is 6.53. The van der Waals surface area contributed by atoms with Gasteiger partial charge in [0.2, 0.25) is 11.8 Å². The summed E-state index contributed by atoms with van der Waals surface area (Å²) in [6, 6.07) is 9.66. The van der Waals surface area contributed by atoms with Crippen LogP contribution in [0.2, 0.25) is 0 Å². The minimum Gasteiger partial charge on any atom is -0.438 e. The van der Waals surface area contributed by atoms with Crippen LogP contribution in [0.15, 0.2) is 51.6 Å². The van der Waals surface area contributed by atoms with E-state index in [-0.39, 0.29) is 11.9 Å². The number of thiophene rings is 1. The van der Waals surface area contributed by atoms with E-state index in [0.717, 1.165) is 42.5 Å². The van der Waals surface area contributed by atoms with E-state index < -0.39 is 0 Å². The second-order valence-electron chi connectivity index (χ2n) is 5.95. The molecule has 0 radical (unpaired) electrons. The lowest BCUT2D eigenvalue weighted by Gasteiger charge is -2.33. The normalized spacial score (nSPS) is 18.5. The van der Waals surface area contributed by atoms with Crippen molar-refractivity contribution >= 4 is 34.4 Å². The van der Waals surface area contributed by atoms with Crippen molar-refractivity contribution in [1.29, 1.82) is 0 Å². The van der Waals surface area contributed by atoms with Gasteiger partial charge in [-0.15, -0.1) is 0 Å². The highest BCUT2D eigenvalue weighted by molar-refractivity contribution is 7.08. The second kappa shape index (κ2) is 6.61. The summed E-state index contributed by atoms with van der Waals surface area (Å²) in [6.45, 7) is 0.746. The standard InChI is InChI=1S/C19H18N2O2S/c22-18(9-8-14-10-12-24-13-14)21-11-4-3-6-16(21)19-20-15-5-1-2-7-17(15)23-19/h1-2,5,7-10,12-13,16H,3-4,6,11H2/b9-8+. The monoisotopic (exact) mass is 338 g/mol. The number of amides is 1. The Morgan fingerprint density at radius 3 is 3.04 bits per heavy atom. The molecular weight excluding hydrogens is 320 g/mol. The topological polar surface area (TPSA) is 46.3 Å². The molecule has 4 nitrogen and oxygen atoms in total. The summed E-state index contributed by atoms with van der Waals surface area (Å²) in [5, 5.41) is 4.03. The third-order valence-electron chi connectivity index (χ3n) is 4.34. The molecule has 0 N–H and O–H groups in total. The Hall–Kier alpha value is -2.40. The third-order valence-corrected chi connectivity index (χ3v) is 5.04. The summed E-state index contributed by atoms with van der Waals surface area (Å²) in [4.78, 5) is 19.1. The van der Waals surface area contributed by atoms with Crippen LogP contribution >= 0.6 is 11.3 Å². The van der Waals surface area contributed by atoms with Crippen molar-refractivity contribution in [3.8, 4) is 0 Å². The van der Waals surface area contributed by atoms with Gasteiger partial charge in [-0.1, -0.05) is 12.1 Å². The molecule has 0 spiro atoms. The molecule has 1 aliphatic rings. The van der Waals surface area contributed by atoms with Gasteiger partial charge in [-0.05, 0) is 59.9 Å². The quantitative estimate of drug-likeness (QED) is 0.653. The lowest BCUT2D eigenvalue weighted by Crippen LogP contribution is -2.37. The number of rotatable bonds is 3. The number of aromatic nitrogens is 1. The molecular formula is C19H18N2O2S. The average molecular weight is 338 g/mol. The van der Waals surface area contributed by atoms with Gasteiger partial charge in [-0.2, -0.15) is 11.3 Å². The Morgan fingerprint density at radius 2 is 2.21 bits per heavy atom. The summed E-state index contributed by atoms with van der Waals surface area (Å²) < 4.78 is 5.91. The summed E-state index contributed by atoms with van der Waals surface area (Å²) >= 11 is 1.63. The van der Waals surface area contributed by atoms with Crippen molar-refractivity contribution < 1.29 is 9.21 Å². The number of hydrogen-bond acceptors (Lipinski definition) is 4. The van der Waals surface area contributed by atoms with Crippen molar-refractivity contribution in [2.24, 2.45) is 0 Å². The number of para-hydroxylation sites is 2. The molecule has 3 heterocycles. The molecule has 3 aromatic rings. The van der Waals surface area contributed by atoms with Gasteiger partial charge in [-0.3, -0.25) is 4.79 Å². The molecule has 1 atom stereocenters. The first-order valence-electron chi connectivity index (χ1n) is 8.17. The number of likely N-dealkylation sites (tertiary alicyclic amines) is 1. The zero-order chi connectivity index (χ0) is 16.4. The Morgan fingerprint density at radius 1 is 1.29 bits per heavy atom. The molecule has 24 heavy (non-hydrogen) atoms. The summed E-state index contributed by atoms with van der Waals surface area (Å²) in [5.41, 5.74) is 2.68. The molecule has 1 saturated heterocycles. The molecule has 1 fully saturated rings. The maximum absolute atomic E-state index is 12.7. The lowest BCUT2D eigenvalue weighted by molar-refractivity contribution is -0.130. The summed E-state index contributed by atoms with van der Waals surface area (Å²) in [7, 11) is 0. The minimum atomic E-state index is -0.0780. The third kappa shape index (κ3) is 2.99. The number of fused-ring (bicyclic) bond motifs is 1. The molecule has 0 bridgehead atoms. The predicted molar refractivity (Wildman–Crippen MR) is 95.7 cm³/mol. The molecule has 0 saturated carbocycles. The maximum Gasteiger partial charge on any atom is 0.247 e. The first-order chi connectivity index (χ1) is 11.8. The highest BCUT2D eigenvalue weighted by Crippen LogP contribution is 2.32. The number of piperidine rings is 1. The van der Waals surface area contributed by atoms with Gasteiger partial charge in [0.05, 0.1) is 0 Å². The van der Waals surface area contributed by atoms with E-state index in [0.29, 0.717) is 5.89 Å². The van der Waals surface area contributed by atoms with E-state index >= 15 is 0 Å². The Balaban J connectivity index is 1.59. The zero-order valence-electron chi connectivity index (χ0n) is 13.2. The van der Waals surface area contributed by atoms with Crippen LogP contribution < -0.4 is 0 Å². The number of oxazole rings is 1. The fourth-order valence-corrected chi connectivity index (χ4v) is 3.75. The van der Waals surface area contributed by atoms with Crippen LogP contribution in [0.5, 0.6) is 0 Å². The van der Waals surface area contributed by atoms with E-state index in [1.807, 2.05) is 52.1 Å². The second-order valence-corrected chi connectivity index (χ2v) is 6.73. The first-order valence-corrected chi connectivity index (χ1v) is 9.12. The van der Waals surface area contributed by atoms with Gasteiger partial charge in [0.25, 0.3) is 0 Å². The molecule has 5 heteroatoms. The Labute approximate surface area is 144 Å². The van der Waals surface area contributed by atoms with Gasteiger partial charge in [0, 0.05) is 12.6 Å². The van der Waals surface area contributed by atoms with Crippen LogP contribution in [0, 0.1) is 0 Å². The smallest absolute Gasteiger partial charge is 0.247 e. The van der Waals surface area contributed by atoms with Gasteiger partial charge in [0.15, 0.2) is 5.58 Å². The average Bonchev–Trinajstić information content (AvgIpc) is 3.29. The predicted octanol–water partition coefficient (Wildman–Crippen LogP) is 4.66. The van der Waals surface area contributed by atoms with E-state index in [2.05, 4.69) is 4.98 Å². The highest BCUT2D eigenvalue weighted by Gasteiger charge is 2.30. The zero-order valence-corrected chi connectivity index (χ0v) is 14.0. The largest absolute Gasteiger partial charge is 0.438 e. The van der Waals surface area contributed by atoms with Crippen LogP contribution in [0.3, 0.4) is 0 Å².